The summed E-state index contributed by atoms with van der Waals surface area (Å²) in [4.78, 5) is 0. The van der Waals surface area contributed by atoms with Crippen LogP contribution in [0.2, 0.25) is 0 Å². The molecule has 1 aliphatic heterocycles. The first-order valence-corrected chi connectivity index (χ1v) is 5.25. The summed E-state index contributed by atoms with van der Waals surface area (Å²) in [5.74, 6) is 0. The van der Waals surface area contributed by atoms with Crippen LogP contribution in [0.1, 0.15) is 38.5 Å². The average Bonchev–Trinajstić information content (AvgIpc) is 2.55. The summed E-state index contributed by atoms with van der Waals surface area (Å²) in [6.07, 6.45) is 5.97. The van der Waals surface area contributed by atoms with Gasteiger partial charge >= 0.3 is 0 Å². The van der Waals surface area contributed by atoms with Gasteiger partial charge in [-0.05, 0) is 19.3 Å². The maximum absolute atomic E-state index is 10.4. The van der Waals surface area contributed by atoms with Gasteiger partial charge in [-0.25, -0.2) is 0 Å². The van der Waals surface area contributed by atoms with E-state index in [1.54, 1.807) is 0 Å². The molecule has 2 fully saturated rings. The van der Waals surface area contributed by atoms with Gasteiger partial charge in [0.2, 0.25) is 0 Å². The SMILES string of the molecule is NC1(C2(O)CCCCC2)CCOC1. The molecule has 2 aliphatic rings. The van der Waals surface area contributed by atoms with E-state index in [1.807, 2.05) is 0 Å². The van der Waals surface area contributed by atoms with Crippen molar-refractivity contribution in [3.8, 4) is 0 Å². The van der Waals surface area contributed by atoms with Crippen LogP contribution in [0, 0.1) is 0 Å². The van der Waals surface area contributed by atoms with E-state index in [1.165, 1.54) is 6.42 Å². The molecular formula is C10H19NO2. The molecule has 2 rings (SSSR count). The molecule has 1 atom stereocenters. The molecule has 3 heteroatoms. The number of hydrogen-bond acceptors (Lipinski definition) is 3. The van der Waals surface area contributed by atoms with Gasteiger partial charge in [-0.2, -0.15) is 0 Å². The van der Waals surface area contributed by atoms with E-state index in [4.69, 9.17) is 10.5 Å². The van der Waals surface area contributed by atoms with E-state index in [0.29, 0.717) is 13.2 Å². The number of rotatable bonds is 1. The first kappa shape index (κ1) is 9.44. The zero-order valence-corrected chi connectivity index (χ0v) is 8.09. The first-order valence-electron chi connectivity index (χ1n) is 5.25. The topological polar surface area (TPSA) is 55.5 Å². The van der Waals surface area contributed by atoms with Crippen LogP contribution in [0.4, 0.5) is 0 Å². The van der Waals surface area contributed by atoms with Crippen molar-refractivity contribution in [2.75, 3.05) is 13.2 Å². The molecule has 0 aromatic heterocycles. The summed E-state index contributed by atoms with van der Waals surface area (Å²) in [6, 6.07) is 0. The van der Waals surface area contributed by atoms with E-state index in [9.17, 15) is 5.11 Å². The molecule has 76 valence electrons. The quantitative estimate of drug-likeness (QED) is 0.635. The molecule has 1 unspecified atom stereocenters. The summed E-state index contributed by atoms with van der Waals surface area (Å²) in [7, 11) is 0. The summed E-state index contributed by atoms with van der Waals surface area (Å²) in [5, 5.41) is 10.4. The minimum atomic E-state index is -0.651. The van der Waals surface area contributed by atoms with Crippen molar-refractivity contribution >= 4 is 0 Å². The minimum Gasteiger partial charge on any atom is -0.388 e. The van der Waals surface area contributed by atoms with Gasteiger partial charge < -0.3 is 15.6 Å². The van der Waals surface area contributed by atoms with Crippen LogP contribution in [0.15, 0.2) is 0 Å². The lowest BCUT2D eigenvalue weighted by atomic mass is 9.70. The fourth-order valence-corrected chi connectivity index (χ4v) is 2.58. The lowest BCUT2D eigenvalue weighted by molar-refractivity contribution is -0.0661. The minimum absolute atomic E-state index is 0.465. The van der Waals surface area contributed by atoms with Crippen LogP contribution in [0.3, 0.4) is 0 Å². The molecule has 13 heavy (non-hydrogen) atoms. The lowest BCUT2D eigenvalue weighted by Crippen LogP contribution is -2.61. The van der Waals surface area contributed by atoms with E-state index < -0.39 is 11.1 Å². The Morgan fingerprint density at radius 2 is 1.77 bits per heavy atom. The van der Waals surface area contributed by atoms with E-state index in [2.05, 4.69) is 0 Å². The molecule has 3 N–H and O–H groups in total. The van der Waals surface area contributed by atoms with Gasteiger partial charge in [-0.3, -0.25) is 0 Å². The molecule has 0 spiro atoms. The van der Waals surface area contributed by atoms with Gasteiger partial charge in [0.25, 0.3) is 0 Å². The van der Waals surface area contributed by atoms with Crippen molar-refractivity contribution in [2.24, 2.45) is 5.73 Å². The van der Waals surface area contributed by atoms with Crippen molar-refractivity contribution in [1.29, 1.82) is 0 Å². The summed E-state index contributed by atoms with van der Waals surface area (Å²) >= 11 is 0. The molecule has 1 aliphatic carbocycles. The normalized spacial score (nSPS) is 39.2. The second kappa shape index (κ2) is 3.23. The first-order chi connectivity index (χ1) is 6.16. The summed E-state index contributed by atoms with van der Waals surface area (Å²) in [5.41, 5.74) is 5.08. The van der Waals surface area contributed by atoms with Gasteiger partial charge in [0.1, 0.15) is 0 Å². The van der Waals surface area contributed by atoms with Crippen LogP contribution in [0.25, 0.3) is 0 Å². The largest absolute Gasteiger partial charge is 0.388 e. The number of ether oxygens (including phenoxy) is 1. The standard InChI is InChI=1S/C10H19NO2/c11-9(6-7-13-8-9)10(12)4-2-1-3-5-10/h12H,1-8,11H2. The molecular weight excluding hydrogens is 166 g/mol. The second-order valence-electron chi connectivity index (χ2n) is 4.55. The molecule has 1 saturated heterocycles. The molecule has 0 bridgehead atoms. The van der Waals surface area contributed by atoms with Gasteiger partial charge in [0, 0.05) is 6.61 Å². The Labute approximate surface area is 79.3 Å². The Morgan fingerprint density at radius 3 is 2.31 bits per heavy atom. The summed E-state index contributed by atoms with van der Waals surface area (Å²) < 4.78 is 5.29. The zero-order valence-electron chi connectivity index (χ0n) is 8.09. The Hall–Kier alpha value is -0.120. The molecule has 3 nitrogen and oxygen atoms in total. The van der Waals surface area contributed by atoms with Gasteiger partial charge in [-0.1, -0.05) is 19.3 Å². The highest BCUT2D eigenvalue weighted by molar-refractivity contribution is 5.06. The third-order valence-electron chi connectivity index (χ3n) is 3.66. The third kappa shape index (κ3) is 1.49. The van der Waals surface area contributed by atoms with Crippen molar-refractivity contribution in [1.82, 2.24) is 0 Å². The van der Waals surface area contributed by atoms with Crippen molar-refractivity contribution in [2.45, 2.75) is 49.7 Å². The predicted octanol–water partition coefficient (Wildman–Crippen LogP) is 0.799. The second-order valence-corrected chi connectivity index (χ2v) is 4.55. The highest BCUT2D eigenvalue weighted by Crippen LogP contribution is 2.39. The molecule has 1 heterocycles. The van der Waals surface area contributed by atoms with Gasteiger partial charge in [0.15, 0.2) is 0 Å². The van der Waals surface area contributed by atoms with Gasteiger partial charge in [0.05, 0.1) is 17.7 Å². The van der Waals surface area contributed by atoms with E-state index in [-0.39, 0.29) is 0 Å². The third-order valence-corrected chi connectivity index (χ3v) is 3.66. The fourth-order valence-electron chi connectivity index (χ4n) is 2.58. The number of hydrogen-bond donors (Lipinski definition) is 2. The molecule has 0 radical (unpaired) electrons. The van der Waals surface area contributed by atoms with Crippen molar-refractivity contribution in [3.63, 3.8) is 0 Å². The Balaban J connectivity index is 2.11. The van der Waals surface area contributed by atoms with Crippen LogP contribution in [0.5, 0.6) is 0 Å². The maximum atomic E-state index is 10.4. The predicted molar refractivity (Wildman–Crippen MR) is 50.4 cm³/mol. The number of aliphatic hydroxyl groups is 1. The van der Waals surface area contributed by atoms with Crippen molar-refractivity contribution in [3.05, 3.63) is 0 Å². The van der Waals surface area contributed by atoms with E-state index in [0.717, 1.165) is 32.1 Å². The smallest absolute Gasteiger partial charge is 0.0849 e. The molecule has 0 amide bonds. The van der Waals surface area contributed by atoms with E-state index >= 15 is 0 Å². The van der Waals surface area contributed by atoms with Crippen LogP contribution < -0.4 is 5.73 Å². The zero-order chi connectivity index (χ0) is 9.36. The van der Waals surface area contributed by atoms with Gasteiger partial charge in [-0.15, -0.1) is 0 Å². The fraction of sp³-hybridized carbons (Fsp3) is 1.00. The summed E-state index contributed by atoms with van der Waals surface area (Å²) in [6.45, 7) is 1.24. The molecule has 0 aromatic carbocycles. The van der Waals surface area contributed by atoms with Crippen LogP contribution in [-0.4, -0.2) is 29.5 Å². The molecule has 0 aromatic rings. The highest BCUT2D eigenvalue weighted by Gasteiger charge is 2.49. The highest BCUT2D eigenvalue weighted by atomic mass is 16.5. The maximum Gasteiger partial charge on any atom is 0.0849 e. The Kier molecular flexibility index (Phi) is 2.34. The molecule has 1 saturated carbocycles. The Bertz CT molecular complexity index is 181. The number of nitrogens with two attached hydrogens (primary N) is 1. The van der Waals surface area contributed by atoms with Crippen molar-refractivity contribution < 1.29 is 9.84 Å². The van der Waals surface area contributed by atoms with Crippen LogP contribution >= 0.6 is 0 Å². The lowest BCUT2D eigenvalue weighted by Gasteiger charge is -2.44. The Morgan fingerprint density at radius 1 is 1.08 bits per heavy atom. The average molecular weight is 185 g/mol. The van der Waals surface area contributed by atoms with Crippen LogP contribution in [-0.2, 0) is 4.74 Å². The monoisotopic (exact) mass is 185 g/mol.